The van der Waals surface area contributed by atoms with Gasteiger partial charge in [0.2, 0.25) is 0 Å². The second-order valence-electron chi connectivity index (χ2n) is 7.02. The summed E-state index contributed by atoms with van der Waals surface area (Å²) < 4.78 is 0. The molecule has 0 unspecified atom stereocenters. The van der Waals surface area contributed by atoms with Gasteiger partial charge in [-0.3, -0.25) is 4.90 Å². The Balaban J connectivity index is 1.55. The van der Waals surface area contributed by atoms with Crippen LogP contribution >= 0.6 is 0 Å². The van der Waals surface area contributed by atoms with Crippen LogP contribution < -0.4 is 5.32 Å². The van der Waals surface area contributed by atoms with Gasteiger partial charge in [-0.2, -0.15) is 0 Å². The van der Waals surface area contributed by atoms with Crippen LogP contribution in [0.5, 0.6) is 0 Å². The maximum atomic E-state index is 4.83. The number of piperidine rings is 1. The molecule has 0 aromatic heterocycles. The molecule has 0 atom stereocenters. The predicted molar refractivity (Wildman–Crippen MR) is 101 cm³/mol. The van der Waals surface area contributed by atoms with Crippen LogP contribution in [0.25, 0.3) is 0 Å². The number of likely N-dealkylation sites (tertiary alicyclic amines) is 2. The molecule has 1 aromatic carbocycles. The van der Waals surface area contributed by atoms with E-state index in [0.29, 0.717) is 0 Å². The van der Waals surface area contributed by atoms with Crippen molar-refractivity contribution in [3.63, 3.8) is 0 Å². The molecule has 3 rings (SSSR count). The van der Waals surface area contributed by atoms with Gasteiger partial charge in [-0.05, 0) is 56.8 Å². The normalized spacial score (nSPS) is 19.7. The Bertz CT molecular complexity index is 511. The highest BCUT2D eigenvalue weighted by Gasteiger charge is 2.15. The van der Waals surface area contributed by atoms with Gasteiger partial charge in [-0.1, -0.05) is 30.7 Å². The van der Waals surface area contributed by atoms with Crippen LogP contribution in [0.4, 0.5) is 0 Å². The number of nitrogens with one attached hydrogen (secondary N) is 1. The highest BCUT2D eigenvalue weighted by molar-refractivity contribution is 5.80. The molecule has 0 spiro atoms. The zero-order valence-corrected chi connectivity index (χ0v) is 15.1. The summed E-state index contributed by atoms with van der Waals surface area (Å²) in [6.07, 6.45) is 6.69. The van der Waals surface area contributed by atoms with E-state index < -0.39 is 0 Å². The second-order valence-corrected chi connectivity index (χ2v) is 7.02. The van der Waals surface area contributed by atoms with Crippen LogP contribution in [0.3, 0.4) is 0 Å². The summed E-state index contributed by atoms with van der Waals surface area (Å²) in [5.41, 5.74) is 2.73. The topological polar surface area (TPSA) is 30.9 Å². The molecule has 4 nitrogen and oxygen atoms in total. The van der Waals surface area contributed by atoms with Crippen molar-refractivity contribution in [2.75, 3.05) is 32.7 Å². The van der Waals surface area contributed by atoms with E-state index in [0.717, 1.165) is 38.7 Å². The molecule has 0 radical (unpaired) electrons. The SMILES string of the molecule is CCNC(=NCc1ccc(CN2CCCCC2)cc1)N1CCCC1. The summed E-state index contributed by atoms with van der Waals surface area (Å²) in [6, 6.07) is 9.05. The third-order valence-electron chi connectivity index (χ3n) is 5.03. The Hall–Kier alpha value is -1.55. The molecule has 0 aliphatic carbocycles. The third kappa shape index (κ3) is 4.97. The molecule has 0 bridgehead atoms. The molecule has 4 heteroatoms. The lowest BCUT2D eigenvalue weighted by Crippen LogP contribution is -2.39. The first-order chi connectivity index (χ1) is 11.8. The van der Waals surface area contributed by atoms with E-state index >= 15 is 0 Å². The fourth-order valence-electron chi connectivity index (χ4n) is 3.65. The van der Waals surface area contributed by atoms with Crippen molar-refractivity contribution in [3.05, 3.63) is 35.4 Å². The molecule has 2 aliphatic rings. The van der Waals surface area contributed by atoms with Crippen molar-refractivity contribution in [2.24, 2.45) is 4.99 Å². The molecule has 132 valence electrons. The third-order valence-corrected chi connectivity index (χ3v) is 5.03. The van der Waals surface area contributed by atoms with E-state index in [4.69, 9.17) is 4.99 Å². The maximum absolute atomic E-state index is 4.83. The standard InChI is InChI=1S/C20H32N4/c1-2-21-20(24-14-6-7-15-24)22-16-18-8-10-19(11-9-18)17-23-12-4-3-5-13-23/h8-11H,2-7,12-17H2,1H3,(H,21,22). The minimum absolute atomic E-state index is 0.767. The van der Waals surface area contributed by atoms with Crippen LogP contribution in [-0.4, -0.2) is 48.5 Å². The van der Waals surface area contributed by atoms with Crippen molar-refractivity contribution < 1.29 is 0 Å². The first-order valence-corrected chi connectivity index (χ1v) is 9.68. The van der Waals surface area contributed by atoms with Gasteiger partial charge in [0, 0.05) is 26.2 Å². The van der Waals surface area contributed by atoms with Gasteiger partial charge < -0.3 is 10.2 Å². The van der Waals surface area contributed by atoms with Crippen LogP contribution in [-0.2, 0) is 13.1 Å². The summed E-state index contributed by atoms with van der Waals surface area (Å²) in [6.45, 7) is 9.73. The fourth-order valence-corrected chi connectivity index (χ4v) is 3.65. The van der Waals surface area contributed by atoms with Crippen molar-refractivity contribution in [2.45, 2.75) is 52.1 Å². The Morgan fingerprint density at radius 2 is 1.54 bits per heavy atom. The lowest BCUT2D eigenvalue weighted by molar-refractivity contribution is 0.221. The predicted octanol–water partition coefficient (Wildman–Crippen LogP) is 3.23. The van der Waals surface area contributed by atoms with E-state index in [1.54, 1.807) is 0 Å². The molecule has 1 aromatic rings. The van der Waals surface area contributed by atoms with Crippen LogP contribution in [0.15, 0.2) is 29.3 Å². The van der Waals surface area contributed by atoms with Gasteiger partial charge in [-0.15, -0.1) is 0 Å². The van der Waals surface area contributed by atoms with Gasteiger partial charge in [0.05, 0.1) is 6.54 Å². The Kier molecular flexibility index (Phi) is 6.53. The van der Waals surface area contributed by atoms with E-state index in [9.17, 15) is 0 Å². The first-order valence-electron chi connectivity index (χ1n) is 9.68. The Morgan fingerprint density at radius 1 is 0.917 bits per heavy atom. The average Bonchev–Trinajstić information content (AvgIpc) is 3.15. The lowest BCUT2D eigenvalue weighted by Gasteiger charge is -2.26. The van der Waals surface area contributed by atoms with Crippen LogP contribution in [0, 0.1) is 0 Å². The average molecular weight is 329 g/mol. The zero-order valence-electron chi connectivity index (χ0n) is 15.1. The summed E-state index contributed by atoms with van der Waals surface area (Å²) in [5.74, 6) is 1.08. The van der Waals surface area contributed by atoms with Crippen molar-refractivity contribution in [3.8, 4) is 0 Å². The van der Waals surface area contributed by atoms with Gasteiger partial charge >= 0.3 is 0 Å². The number of rotatable bonds is 5. The quantitative estimate of drug-likeness (QED) is 0.665. The van der Waals surface area contributed by atoms with Crippen LogP contribution in [0.1, 0.15) is 50.2 Å². The molecule has 2 fully saturated rings. The Morgan fingerprint density at radius 3 is 2.21 bits per heavy atom. The van der Waals surface area contributed by atoms with E-state index in [1.165, 1.54) is 56.3 Å². The molecule has 2 heterocycles. The molecular formula is C20H32N4. The summed E-state index contributed by atoms with van der Waals surface area (Å²) in [5, 5.41) is 3.43. The minimum Gasteiger partial charge on any atom is -0.357 e. The van der Waals surface area contributed by atoms with Gasteiger partial charge in [0.1, 0.15) is 0 Å². The van der Waals surface area contributed by atoms with Crippen molar-refractivity contribution in [1.29, 1.82) is 0 Å². The molecule has 2 saturated heterocycles. The molecule has 0 amide bonds. The molecular weight excluding hydrogens is 296 g/mol. The van der Waals surface area contributed by atoms with Gasteiger partial charge in [-0.25, -0.2) is 4.99 Å². The highest BCUT2D eigenvalue weighted by atomic mass is 15.3. The highest BCUT2D eigenvalue weighted by Crippen LogP contribution is 2.14. The molecule has 24 heavy (non-hydrogen) atoms. The molecule has 1 N–H and O–H groups in total. The van der Waals surface area contributed by atoms with Crippen LogP contribution in [0.2, 0.25) is 0 Å². The summed E-state index contributed by atoms with van der Waals surface area (Å²) in [4.78, 5) is 9.79. The van der Waals surface area contributed by atoms with Gasteiger partial charge in [0.25, 0.3) is 0 Å². The van der Waals surface area contributed by atoms with E-state index in [1.807, 2.05) is 0 Å². The first kappa shape index (κ1) is 17.3. The van der Waals surface area contributed by atoms with Crippen molar-refractivity contribution >= 4 is 5.96 Å². The monoisotopic (exact) mass is 328 g/mol. The van der Waals surface area contributed by atoms with E-state index in [-0.39, 0.29) is 0 Å². The number of hydrogen-bond acceptors (Lipinski definition) is 2. The molecule has 0 saturated carbocycles. The molecule has 2 aliphatic heterocycles. The minimum atomic E-state index is 0.767. The van der Waals surface area contributed by atoms with Crippen molar-refractivity contribution in [1.82, 2.24) is 15.1 Å². The zero-order chi connectivity index (χ0) is 16.6. The maximum Gasteiger partial charge on any atom is 0.194 e. The smallest absolute Gasteiger partial charge is 0.194 e. The van der Waals surface area contributed by atoms with E-state index in [2.05, 4.69) is 46.3 Å². The second kappa shape index (κ2) is 9.07. The number of guanidine groups is 1. The number of nitrogens with zero attached hydrogens (tertiary/aromatic N) is 3. The largest absolute Gasteiger partial charge is 0.357 e. The number of benzene rings is 1. The summed E-state index contributed by atoms with van der Waals surface area (Å²) in [7, 11) is 0. The fraction of sp³-hybridized carbons (Fsp3) is 0.650. The Labute approximate surface area is 146 Å². The lowest BCUT2D eigenvalue weighted by atomic mass is 10.1. The number of hydrogen-bond donors (Lipinski definition) is 1. The number of aliphatic imine (C=N–C) groups is 1. The van der Waals surface area contributed by atoms with Gasteiger partial charge in [0.15, 0.2) is 5.96 Å². The summed E-state index contributed by atoms with van der Waals surface area (Å²) >= 11 is 0.